The third-order valence-electron chi connectivity index (χ3n) is 3.19. The van der Waals surface area contributed by atoms with Crippen molar-refractivity contribution in [2.75, 3.05) is 0 Å². The van der Waals surface area contributed by atoms with Gasteiger partial charge in [0.15, 0.2) is 0 Å². The molecule has 0 aliphatic rings. The van der Waals surface area contributed by atoms with Crippen LogP contribution in [-0.2, 0) is 6.42 Å². The normalized spacial score (nSPS) is 10.9. The summed E-state index contributed by atoms with van der Waals surface area (Å²) in [6, 6.07) is 14.8. The highest BCUT2D eigenvalue weighted by atomic mass is 15.0. The van der Waals surface area contributed by atoms with Gasteiger partial charge in [-0.05, 0) is 24.1 Å². The zero-order valence-corrected chi connectivity index (χ0v) is 10.5. The second-order valence-corrected chi connectivity index (χ2v) is 4.52. The minimum atomic E-state index is 1.01. The number of hydrogen-bond acceptors (Lipinski definition) is 1. The quantitative estimate of drug-likeness (QED) is 0.673. The Hall–Kier alpha value is -2.09. The van der Waals surface area contributed by atoms with Crippen molar-refractivity contribution in [1.82, 2.24) is 9.38 Å². The van der Waals surface area contributed by atoms with Crippen LogP contribution in [0.5, 0.6) is 0 Å². The molecule has 0 saturated heterocycles. The zero-order valence-electron chi connectivity index (χ0n) is 10.5. The molecule has 1 aromatic carbocycles. The van der Waals surface area contributed by atoms with Crippen molar-refractivity contribution in [3.8, 4) is 11.4 Å². The van der Waals surface area contributed by atoms with Crippen molar-refractivity contribution < 1.29 is 0 Å². The third-order valence-corrected chi connectivity index (χ3v) is 3.19. The molecule has 0 saturated carbocycles. The lowest BCUT2D eigenvalue weighted by molar-refractivity contribution is 0.922. The second-order valence-electron chi connectivity index (χ2n) is 4.52. The molecule has 2 heteroatoms. The fraction of sp³-hybridized carbons (Fsp3) is 0.188. The summed E-state index contributed by atoms with van der Waals surface area (Å²) in [5, 5.41) is 0. The van der Waals surface area contributed by atoms with Crippen LogP contribution in [0.3, 0.4) is 0 Å². The van der Waals surface area contributed by atoms with Gasteiger partial charge in [-0.2, -0.15) is 0 Å². The minimum absolute atomic E-state index is 1.01. The van der Waals surface area contributed by atoms with E-state index in [0.717, 1.165) is 17.8 Å². The highest BCUT2D eigenvalue weighted by Gasteiger charge is 2.05. The molecule has 2 aromatic heterocycles. The lowest BCUT2D eigenvalue weighted by atomic mass is 10.1. The first-order valence-electron chi connectivity index (χ1n) is 6.40. The Morgan fingerprint density at radius 3 is 2.67 bits per heavy atom. The number of pyridine rings is 1. The van der Waals surface area contributed by atoms with E-state index in [0.29, 0.717) is 0 Å². The van der Waals surface area contributed by atoms with Gasteiger partial charge < -0.3 is 0 Å². The molecule has 0 fully saturated rings. The standard InChI is InChI=1S/C16H16N2/c1-2-5-13-7-9-14(10-8-13)16-17-12-15-6-3-4-11-18(15)16/h3-4,6-12H,2,5H2,1H3. The van der Waals surface area contributed by atoms with Crippen LogP contribution >= 0.6 is 0 Å². The van der Waals surface area contributed by atoms with Crippen molar-refractivity contribution in [2.45, 2.75) is 19.8 Å². The van der Waals surface area contributed by atoms with E-state index >= 15 is 0 Å². The lowest BCUT2D eigenvalue weighted by Gasteiger charge is -2.03. The monoisotopic (exact) mass is 236 g/mol. The van der Waals surface area contributed by atoms with Crippen molar-refractivity contribution in [3.63, 3.8) is 0 Å². The maximum absolute atomic E-state index is 4.50. The Kier molecular flexibility index (Phi) is 2.85. The van der Waals surface area contributed by atoms with E-state index in [9.17, 15) is 0 Å². The molecule has 0 spiro atoms. The number of aryl methyl sites for hydroxylation is 1. The fourth-order valence-electron chi connectivity index (χ4n) is 2.27. The maximum atomic E-state index is 4.50. The number of nitrogens with zero attached hydrogens (tertiary/aromatic N) is 2. The molecular formula is C16H16N2. The summed E-state index contributed by atoms with van der Waals surface area (Å²) >= 11 is 0. The van der Waals surface area contributed by atoms with Crippen LogP contribution in [0.15, 0.2) is 54.9 Å². The molecule has 2 nitrogen and oxygen atoms in total. The van der Waals surface area contributed by atoms with Gasteiger partial charge in [0.05, 0.1) is 11.7 Å². The molecule has 0 aliphatic carbocycles. The molecule has 0 radical (unpaired) electrons. The van der Waals surface area contributed by atoms with Gasteiger partial charge in [-0.1, -0.05) is 43.7 Å². The molecule has 0 amide bonds. The molecule has 18 heavy (non-hydrogen) atoms. The minimum Gasteiger partial charge on any atom is -0.300 e. The highest BCUT2D eigenvalue weighted by molar-refractivity contribution is 5.62. The molecule has 0 atom stereocenters. The fourth-order valence-corrected chi connectivity index (χ4v) is 2.27. The van der Waals surface area contributed by atoms with Crippen molar-refractivity contribution in [2.24, 2.45) is 0 Å². The van der Waals surface area contributed by atoms with Crippen LogP contribution in [0.1, 0.15) is 18.9 Å². The number of imidazole rings is 1. The Balaban J connectivity index is 2.03. The predicted octanol–water partition coefficient (Wildman–Crippen LogP) is 3.95. The van der Waals surface area contributed by atoms with E-state index in [1.165, 1.54) is 17.5 Å². The van der Waals surface area contributed by atoms with Gasteiger partial charge in [-0.3, -0.25) is 4.40 Å². The van der Waals surface area contributed by atoms with Crippen LogP contribution in [0.4, 0.5) is 0 Å². The topological polar surface area (TPSA) is 17.3 Å². The summed E-state index contributed by atoms with van der Waals surface area (Å²) in [4.78, 5) is 4.50. The first-order valence-corrected chi connectivity index (χ1v) is 6.40. The molecule has 3 aromatic rings. The first-order chi connectivity index (χ1) is 8.88. The molecule has 0 aliphatic heterocycles. The second kappa shape index (κ2) is 4.65. The Morgan fingerprint density at radius 2 is 1.89 bits per heavy atom. The number of aromatic nitrogens is 2. The smallest absolute Gasteiger partial charge is 0.144 e. The summed E-state index contributed by atoms with van der Waals surface area (Å²) in [7, 11) is 0. The third kappa shape index (κ3) is 1.90. The Morgan fingerprint density at radius 1 is 1.06 bits per heavy atom. The SMILES string of the molecule is CCCc1ccc(-c2ncc3ccccn23)cc1. The molecule has 3 rings (SSSR count). The Labute approximate surface area is 107 Å². The van der Waals surface area contributed by atoms with Crippen LogP contribution in [0.2, 0.25) is 0 Å². The summed E-state index contributed by atoms with van der Waals surface area (Å²) in [6.45, 7) is 2.20. The molecule has 90 valence electrons. The van der Waals surface area contributed by atoms with Crippen LogP contribution in [0, 0.1) is 0 Å². The number of hydrogen-bond donors (Lipinski definition) is 0. The summed E-state index contributed by atoms with van der Waals surface area (Å²) in [5.74, 6) is 1.01. The van der Waals surface area contributed by atoms with Crippen molar-refractivity contribution >= 4 is 5.52 Å². The van der Waals surface area contributed by atoms with Crippen LogP contribution in [-0.4, -0.2) is 9.38 Å². The number of fused-ring (bicyclic) bond motifs is 1. The molecule has 0 unspecified atom stereocenters. The average Bonchev–Trinajstić information content (AvgIpc) is 2.84. The lowest BCUT2D eigenvalue weighted by Crippen LogP contribution is -1.89. The molecule has 2 heterocycles. The van der Waals surface area contributed by atoms with Crippen LogP contribution < -0.4 is 0 Å². The van der Waals surface area contributed by atoms with Gasteiger partial charge in [0.2, 0.25) is 0 Å². The van der Waals surface area contributed by atoms with Gasteiger partial charge in [0.1, 0.15) is 5.82 Å². The number of benzene rings is 1. The van der Waals surface area contributed by atoms with Gasteiger partial charge in [0.25, 0.3) is 0 Å². The molecule has 0 N–H and O–H groups in total. The summed E-state index contributed by atoms with van der Waals surface area (Å²) in [5.41, 5.74) is 3.69. The van der Waals surface area contributed by atoms with Gasteiger partial charge in [0, 0.05) is 11.8 Å². The van der Waals surface area contributed by atoms with E-state index in [2.05, 4.69) is 52.8 Å². The van der Waals surface area contributed by atoms with Crippen molar-refractivity contribution in [3.05, 3.63) is 60.4 Å². The summed E-state index contributed by atoms with van der Waals surface area (Å²) < 4.78 is 2.12. The van der Waals surface area contributed by atoms with Crippen molar-refractivity contribution in [1.29, 1.82) is 0 Å². The summed E-state index contributed by atoms with van der Waals surface area (Å²) in [6.07, 6.45) is 6.29. The van der Waals surface area contributed by atoms with Gasteiger partial charge in [-0.15, -0.1) is 0 Å². The van der Waals surface area contributed by atoms with E-state index in [4.69, 9.17) is 0 Å². The highest BCUT2D eigenvalue weighted by Crippen LogP contribution is 2.20. The van der Waals surface area contributed by atoms with Gasteiger partial charge >= 0.3 is 0 Å². The predicted molar refractivity (Wildman–Crippen MR) is 74.6 cm³/mol. The largest absolute Gasteiger partial charge is 0.300 e. The van der Waals surface area contributed by atoms with E-state index < -0.39 is 0 Å². The molecular weight excluding hydrogens is 220 g/mol. The number of rotatable bonds is 3. The van der Waals surface area contributed by atoms with E-state index in [-0.39, 0.29) is 0 Å². The van der Waals surface area contributed by atoms with Gasteiger partial charge in [-0.25, -0.2) is 4.98 Å². The zero-order chi connectivity index (χ0) is 12.4. The van der Waals surface area contributed by atoms with Crippen LogP contribution in [0.25, 0.3) is 16.9 Å². The first kappa shape index (κ1) is 11.0. The van der Waals surface area contributed by atoms with E-state index in [1.807, 2.05) is 18.3 Å². The Bertz CT molecular complexity index is 650. The average molecular weight is 236 g/mol. The van der Waals surface area contributed by atoms with E-state index in [1.54, 1.807) is 0 Å². The molecule has 0 bridgehead atoms. The maximum Gasteiger partial charge on any atom is 0.144 e.